The number of rotatable bonds is 4. The summed E-state index contributed by atoms with van der Waals surface area (Å²) in [5.74, 6) is -0.413. The molecule has 1 heterocycles. The first-order valence-corrected chi connectivity index (χ1v) is 6.79. The highest BCUT2D eigenvalue weighted by Gasteiger charge is 2.50. The zero-order valence-electron chi connectivity index (χ0n) is 11.8. The van der Waals surface area contributed by atoms with Crippen LogP contribution in [0.1, 0.15) is 19.4 Å². The fourth-order valence-electron chi connectivity index (χ4n) is 2.36. The van der Waals surface area contributed by atoms with Gasteiger partial charge in [-0.1, -0.05) is 37.3 Å². The summed E-state index contributed by atoms with van der Waals surface area (Å²) in [6, 6.07) is 9.63. The molecular formula is C15H22O5. The molecule has 0 radical (unpaired) electrons. The van der Waals surface area contributed by atoms with Crippen molar-refractivity contribution >= 4 is 0 Å². The van der Waals surface area contributed by atoms with E-state index in [4.69, 9.17) is 9.47 Å². The van der Waals surface area contributed by atoms with Gasteiger partial charge in [0.1, 0.15) is 12.2 Å². The summed E-state index contributed by atoms with van der Waals surface area (Å²) in [5.41, 5.74) is -0.373. The number of benzene rings is 1. The van der Waals surface area contributed by atoms with Crippen LogP contribution < -0.4 is 0 Å². The summed E-state index contributed by atoms with van der Waals surface area (Å²) in [4.78, 5) is 0. The summed E-state index contributed by atoms with van der Waals surface area (Å²) in [7, 11) is 0. The maximum atomic E-state index is 10.4. The normalized spacial score (nSPS) is 37.9. The molecule has 0 saturated carbocycles. The molecular weight excluding hydrogens is 260 g/mol. The van der Waals surface area contributed by atoms with Gasteiger partial charge in [0.25, 0.3) is 0 Å². The van der Waals surface area contributed by atoms with Crippen LogP contribution in [-0.2, 0) is 16.1 Å². The summed E-state index contributed by atoms with van der Waals surface area (Å²) >= 11 is 0. The Kier molecular flexibility index (Phi) is 4.78. The Morgan fingerprint density at radius 1 is 1.30 bits per heavy atom. The van der Waals surface area contributed by atoms with Gasteiger partial charge in [0.15, 0.2) is 6.29 Å². The minimum atomic E-state index is -1.37. The Hall–Kier alpha value is -0.980. The Bertz CT molecular complexity index is 420. The summed E-state index contributed by atoms with van der Waals surface area (Å²) in [6.07, 6.45) is -2.66. The van der Waals surface area contributed by atoms with E-state index < -0.39 is 30.0 Å². The molecule has 0 bridgehead atoms. The number of ether oxygens (including phenoxy) is 2. The number of aliphatic hydroxyl groups excluding tert-OH is 2. The van der Waals surface area contributed by atoms with E-state index in [2.05, 4.69) is 0 Å². The monoisotopic (exact) mass is 282 g/mol. The van der Waals surface area contributed by atoms with Crippen molar-refractivity contribution in [2.45, 2.75) is 44.6 Å². The molecule has 1 aliphatic heterocycles. The molecule has 1 aromatic carbocycles. The first-order valence-electron chi connectivity index (χ1n) is 6.79. The Balaban J connectivity index is 2.03. The fraction of sp³-hybridized carbons (Fsp3) is 0.600. The van der Waals surface area contributed by atoms with E-state index in [1.54, 1.807) is 6.92 Å². The van der Waals surface area contributed by atoms with Crippen molar-refractivity contribution in [3.8, 4) is 0 Å². The average Bonchev–Trinajstić information content (AvgIpc) is 2.46. The Morgan fingerprint density at radius 2 is 1.95 bits per heavy atom. The van der Waals surface area contributed by atoms with E-state index in [0.29, 0.717) is 6.61 Å². The van der Waals surface area contributed by atoms with Crippen LogP contribution in [0.5, 0.6) is 0 Å². The summed E-state index contributed by atoms with van der Waals surface area (Å²) in [6.45, 7) is 3.27. The number of hydrogen-bond acceptors (Lipinski definition) is 5. The van der Waals surface area contributed by atoms with E-state index in [9.17, 15) is 15.3 Å². The van der Waals surface area contributed by atoms with Crippen LogP contribution in [0.4, 0.5) is 0 Å². The first kappa shape index (κ1) is 15.4. The summed E-state index contributed by atoms with van der Waals surface area (Å²) in [5, 5.41) is 29.6. The molecule has 5 nitrogen and oxygen atoms in total. The molecule has 1 aromatic rings. The molecule has 1 aliphatic rings. The Morgan fingerprint density at radius 3 is 2.55 bits per heavy atom. The quantitative estimate of drug-likeness (QED) is 0.756. The van der Waals surface area contributed by atoms with Gasteiger partial charge in [0.05, 0.1) is 18.8 Å². The number of hydrogen-bond donors (Lipinski definition) is 3. The maximum Gasteiger partial charge on any atom is 0.164 e. The molecule has 1 saturated heterocycles. The standard InChI is InChI=1S/C15H22O5/c1-10-14(19-9-11-6-4-3-5-7-11)20-12(8-16)13(17)15(10,2)18/h3-7,10,12-14,16-18H,8-9H2,1-2H3. The van der Waals surface area contributed by atoms with Crippen molar-refractivity contribution < 1.29 is 24.8 Å². The molecule has 0 spiro atoms. The second kappa shape index (κ2) is 6.20. The van der Waals surface area contributed by atoms with Crippen molar-refractivity contribution in [2.24, 2.45) is 5.92 Å². The average molecular weight is 282 g/mol. The topological polar surface area (TPSA) is 79.2 Å². The largest absolute Gasteiger partial charge is 0.394 e. The van der Waals surface area contributed by atoms with Gasteiger partial charge in [-0.3, -0.25) is 0 Å². The van der Waals surface area contributed by atoms with Gasteiger partial charge in [-0.2, -0.15) is 0 Å². The van der Waals surface area contributed by atoms with Crippen LogP contribution in [0.2, 0.25) is 0 Å². The van der Waals surface area contributed by atoms with Crippen LogP contribution in [0.3, 0.4) is 0 Å². The first-order chi connectivity index (χ1) is 9.46. The fourth-order valence-corrected chi connectivity index (χ4v) is 2.36. The zero-order valence-corrected chi connectivity index (χ0v) is 11.8. The predicted molar refractivity (Wildman–Crippen MR) is 72.8 cm³/mol. The molecule has 1 fully saturated rings. The van der Waals surface area contributed by atoms with Gasteiger partial charge < -0.3 is 24.8 Å². The van der Waals surface area contributed by atoms with Gasteiger partial charge >= 0.3 is 0 Å². The lowest BCUT2D eigenvalue weighted by Crippen LogP contribution is -2.62. The van der Waals surface area contributed by atoms with E-state index >= 15 is 0 Å². The molecule has 0 aromatic heterocycles. The van der Waals surface area contributed by atoms with Crippen molar-refractivity contribution in [1.82, 2.24) is 0 Å². The lowest BCUT2D eigenvalue weighted by Gasteiger charge is -2.47. The predicted octanol–water partition coefficient (Wildman–Crippen LogP) is 0.668. The lowest BCUT2D eigenvalue weighted by molar-refractivity contribution is -0.312. The van der Waals surface area contributed by atoms with Crippen LogP contribution >= 0.6 is 0 Å². The molecule has 112 valence electrons. The lowest BCUT2D eigenvalue weighted by atomic mass is 9.80. The van der Waals surface area contributed by atoms with Gasteiger partial charge in [-0.15, -0.1) is 0 Å². The molecule has 2 rings (SSSR count). The molecule has 0 amide bonds. The van der Waals surface area contributed by atoms with E-state index in [-0.39, 0.29) is 6.61 Å². The third-order valence-corrected chi connectivity index (χ3v) is 4.03. The van der Waals surface area contributed by atoms with Crippen LogP contribution in [0.15, 0.2) is 30.3 Å². The van der Waals surface area contributed by atoms with E-state index in [1.165, 1.54) is 6.92 Å². The molecule has 5 unspecified atom stereocenters. The highest BCUT2D eigenvalue weighted by molar-refractivity contribution is 5.13. The van der Waals surface area contributed by atoms with Gasteiger partial charge in [0, 0.05) is 5.92 Å². The van der Waals surface area contributed by atoms with Crippen molar-refractivity contribution in [2.75, 3.05) is 6.61 Å². The maximum absolute atomic E-state index is 10.4. The van der Waals surface area contributed by atoms with Crippen molar-refractivity contribution in [3.05, 3.63) is 35.9 Å². The molecule has 5 atom stereocenters. The van der Waals surface area contributed by atoms with Gasteiger partial charge in [-0.25, -0.2) is 0 Å². The molecule has 0 aliphatic carbocycles. The minimum Gasteiger partial charge on any atom is -0.394 e. The van der Waals surface area contributed by atoms with Crippen molar-refractivity contribution in [1.29, 1.82) is 0 Å². The third-order valence-electron chi connectivity index (χ3n) is 4.03. The molecule has 20 heavy (non-hydrogen) atoms. The van der Waals surface area contributed by atoms with Crippen LogP contribution in [0.25, 0.3) is 0 Å². The van der Waals surface area contributed by atoms with Crippen molar-refractivity contribution in [3.63, 3.8) is 0 Å². The molecule has 5 heteroatoms. The Labute approximate surface area is 118 Å². The third kappa shape index (κ3) is 3.02. The smallest absolute Gasteiger partial charge is 0.164 e. The van der Waals surface area contributed by atoms with Crippen LogP contribution in [0, 0.1) is 5.92 Å². The minimum absolute atomic E-state index is 0.347. The highest BCUT2D eigenvalue weighted by atomic mass is 16.7. The summed E-state index contributed by atoms with van der Waals surface area (Å²) < 4.78 is 11.2. The van der Waals surface area contributed by atoms with E-state index in [0.717, 1.165) is 5.56 Å². The van der Waals surface area contributed by atoms with Gasteiger partial charge in [-0.05, 0) is 12.5 Å². The second-order valence-electron chi connectivity index (χ2n) is 5.48. The van der Waals surface area contributed by atoms with E-state index in [1.807, 2.05) is 30.3 Å². The molecule has 3 N–H and O–H groups in total. The SMILES string of the molecule is CC1C(OCc2ccccc2)OC(CO)C(O)C1(C)O. The van der Waals surface area contributed by atoms with Crippen LogP contribution in [-0.4, -0.2) is 46.0 Å². The highest BCUT2D eigenvalue weighted by Crippen LogP contribution is 2.35. The second-order valence-corrected chi connectivity index (χ2v) is 5.48. The number of aliphatic hydroxyl groups is 3. The van der Waals surface area contributed by atoms with Gasteiger partial charge in [0.2, 0.25) is 0 Å². The zero-order chi connectivity index (χ0) is 14.8.